The Morgan fingerprint density at radius 1 is 0.530 bits per heavy atom. The van der Waals surface area contributed by atoms with E-state index in [9.17, 15) is 48.6 Å². The van der Waals surface area contributed by atoms with Gasteiger partial charge in [0.1, 0.15) is 34.8 Å². The summed E-state index contributed by atoms with van der Waals surface area (Å²) in [6.07, 6.45) is 3.33. The molecule has 2 heterocycles. The molecule has 0 bridgehead atoms. The van der Waals surface area contributed by atoms with Crippen LogP contribution < -0.4 is 43.0 Å². The molecule has 66 heavy (non-hydrogen) atoms. The number of phenolic OH excluding ortho intramolecular Hbond substituents is 2. The van der Waals surface area contributed by atoms with Crippen LogP contribution in [0.15, 0.2) is 85.5 Å². The molecule has 10 N–H and O–H groups in total. The van der Waals surface area contributed by atoms with Gasteiger partial charge in [0.05, 0.1) is 13.1 Å². The van der Waals surface area contributed by atoms with E-state index < -0.39 is 84.0 Å². The number of alkyl carbamates (subject to hydrolysis) is 2. The van der Waals surface area contributed by atoms with Crippen LogP contribution in [-0.2, 0) is 41.5 Å². The van der Waals surface area contributed by atoms with Gasteiger partial charge in [-0.2, -0.15) is 0 Å². The van der Waals surface area contributed by atoms with E-state index in [2.05, 4.69) is 52.9 Å². The monoisotopic (exact) mass is 912 g/mol. The number of amides is 8. The van der Waals surface area contributed by atoms with E-state index in [1.54, 1.807) is 41.5 Å². The molecule has 0 spiro atoms. The smallest absolute Gasteiger partial charge is 0.408 e. The molecule has 4 aromatic rings. The van der Waals surface area contributed by atoms with Crippen molar-refractivity contribution < 1.29 is 58.0 Å². The number of carbonyl (C=O) groups is 8. The summed E-state index contributed by atoms with van der Waals surface area (Å²) in [5, 5.41) is 32.0. The van der Waals surface area contributed by atoms with Crippen molar-refractivity contribution >= 4 is 47.6 Å². The van der Waals surface area contributed by atoms with Gasteiger partial charge in [0.2, 0.25) is 11.8 Å². The second kappa shape index (κ2) is 22.9. The van der Waals surface area contributed by atoms with Gasteiger partial charge in [0, 0.05) is 59.9 Å². The van der Waals surface area contributed by atoms with Crippen LogP contribution in [0.3, 0.4) is 0 Å². The minimum atomic E-state index is -1.32. The van der Waals surface area contributed by atoms with Crippen molar-refractivity contribution in [1.29, 1.82) is 0 Å². The van der Waals surface area contributed by atoms with Crippen LogP contribution in [0.25, 0.3) is 11.1 Å². The van der Waals surface area contributed by atoms with Gasteiger partial charge < -0.3 is 41.0 Å². The number of aromatic hydroxyl groups is 2. The number of hydrogen-bond donors (Lipinski definition) is 10. The average Bonchev–Trinajstić information content (AvgIpc) is 3.25. The number of ether oxygens (including phenoxy) is 2. The molecule has 2 unspecified atom stereocenters. The average molecular weight is 913 g/mol. The minimum absolute atomic E-state index is 0.164. The number of rotatable bonds is 15. The fourth-order valence-corrected chi connectivity index (χ4v) is 5.73. The Morgan fingerprint density at radius 3 is 1.20 bits per heavy atom. The van der Waals surface area contributed by atoms with Crippen LogP contribution in [-0.4, -0.2) is 104 Å². The lowest BCUT2D eigenvalue weighted by Gasteiger charge is -2.24. The molecule has 8 amide bonds. The summed E-state index contributed by atoms with van der Waals surface area (Å²) in [7, 11) is 0. The zero-order chi connectivity index (χ0) is 48.6. The quantitative estimate of drug-likeness (QED) is 0.0758. The molecular weight excluding hydrogens is 861 g/mol. The fourth-order valence-electron chi connectivity index (χ4n) is 5.73. The molecule has 22 nitrogen and oxygen atoms in total. The van der Waals surface area contributed by atoms with Crippen LogP contribution in [0.2, 0.25) is 0 Å². The first kappa shape index (κ1) is 50.3. The standard InChI is InChI=1S/C44H52N10O12/c1-43(2,3)65-41(63)49-31(39(61)47-23-35(57)51-53-37(59)27-11-15-45-16-12-27)19-25-7-9-29(33(55)21-25)30-10-8-26(22-34(30)56)20-32(50-42(64)66-44(4,5)6)40(62)48-24-36(58)52-54-38(60)28-13-17-46-18-14-28/h7-18,21-22,31-32,55-56H,19-20,23-24H2,1-6H3,(H,47,61)(H,48,62)(H,49,63)(H,50,64)(H,51,57)(H,52,58)(H,53,59)(H,54,60). The van der Waals surface area contributed by atoms with Gasteiger partial charge in [0.15, 0.2) is 0 Å². The SMILES string of the molecule is CC(C)(C)OC(=O)NC(Cc1ccc(-c2ccc(CC(NC(=O)OC(C)(C)C)C(=O)NCC(=O)NNC(=O)c3ccncc3)cc2O)c(O)c1)C(=O)NCC(=O)NNC(=O)c1ccncc1. The number of carbonyl (C=O) groups excluding carboxylic acids is 8. The van der Waals surface area contributed by atoms with Crippen LogP contribution in [0, 0.1) is 0 Å². The third-order valence-electron chi connectivity index (χ3n) is 8.67. The maximum Gasteiger partial charge on any atom is 0.408 e. The third-order valence-corrected chi connectivity index (χ3v) is 8.67. The molecule has 0 saturated carbocycles. The zero-order valence-electron chi connectivity index (χ0n) is 36.9. The van der Waals surface area contributed by atoms with Crippen LogP contribution in [0.4, 0.5) is 9.59 Å². The number of benzene rings is 2. The first-order valence-electron chi connectivity index (χ1n) is 20.2. The number of hydrazine groups is 2. The molecule has 0 fully saturated rings. The van der Waals surface area contributed by atoms with Crippen molar-refractivity contribution in [1.82, 2.24) is 52.9 Å². The maximum absolute atomic E-state index is 13.3. The van der Waals surface area contributed by atoms with Crippen molar-refractivity contribution in [3.8, 4) is 22.6 Å². The summed E-state index contributed by atoms with van der Waals surface area (Å²) in [6.45, 7) is 8.58. The van der Waals surface area contributed by atoms with Gasteiger partial charge >= 0.3 is 12.2 Å². The molecule has 0 radical (unpaired) electrons. The number of phenols is 2. The van der Waals surface area contributed by atoms with Crippen molar-refractivity contribution in [3.05, 3.63) is 108 Å². The Kier molecular flexibility index (Phi) is 17.4. The lowest BCUT2D eigenvalue weighted by molar-refractivity contribution is -0.127. The zero-order valence-corrected chi connectivity index (χ0v) is 36.9. The van der Waals surface area contributed by atoms with Crippen molar-refractivity contribution in [2.45, 2.75) is 77.7 Å². The van der Waals surface area contributed by atoms with E-state index in [0.717, 1.165) is 0 Å². The Bertz CT molecular complexity index is 2240. The first-order chi connectivity index (χ1) is 31.1. The molecule has 0 aliphatic heterocycles. The summed E-state index contributed by atoms with van der Waals surface area (Å²) >= 11 is 0. The maximum atomic E-state index is 13.3. The number of nitrogens with one attached hydrogen (secondary N) is 8. The third kappa shape index (κ3) is 16.8. The van der Waals surface area contributed by atoms with Gasteiger partial charge in [-0.1, -0.05) is 24.3 Å². The van der Waals surface area contributed by atoms with Gasteiger partial charge in [-0.3, -0.25) is 60.4 Å². The molecule has 2 atom stereocenters. The largest absolute Gasteiger partial charge is 0.507 e. The highest BCUT2D eigenvalue weighted by molar-refractivity contribution is 5.97. The molecular formula is C44H52N10O12. The normalized spacial score (nSPS) is 11.9. The van der Waals surface area contributed by atoms with E-state index in [1.807, 2.05) is 0 Å². The number of pyridine rings is 2. The predicted molar refractivity (Wildman–Crippen MR) is 235 cm³/mol. The summed E-state index contributed by atoms with van der Waals surface area (Å²) in [5.74, 6) is -5.04. The Labute approximate surface area is 379 Å². The van der Waals surface area contributed by atoms with Gasteiger partial charge in [0.25, 0.3) is 23.6 Å². The molecule has 22 heteroatoms. The van der Waals surface area contributed by atoms with Crippen molar-refractivity contribution in [2.75, 3.05) is 13.1 Å². The van der Waals surface area contributed by atoms with Crippen LogP contribution in [0.5, 0.6) is 11.5 Å². The minimum Gasteiger partial charge on any atom is -0.507 e. The molecule has 0 saturated heterocycles. The number of aromatic nitrogens is 2. The van der Waals surface area contributed by atoms with Crippen molar-refractivity contribution in [3.63, 3.8) is 0 Å². The molecule has 2 aromatic carbocycles. The molecule has 2 aromatic heterocycles. The first-order valence-corrected chi connectivity index (χ1v) is 20.2. The second-order valence-corrected chi connectivity index (χ2v) is 16.4. The summed E-state index contributed by atoms with van der Waals surface area (Å²) in [5.41, 5.74) is 8.44. The lowest BCUT2D eigenvalue weighted by Crippen LogP contribution is -2.52. The molecule has 0 aliphatic carbocycles. The van der Waals surface area contributed by atoms with Crippen LogP contribution >= 0.6 is 0 Å². The van der Waals surface area contributed by atoms with E-state index in [-0.39, 0.29) is 46.6 Å². The van der Waals surface area contributed by atoms with Crippen molar-refractivity contribution in [2.24, 2.45) is 0 Å². The van der Waals surface area contributed by atoms with Gasteiger partial charge in [-0.15, -0.1) is 0 Å². The van der Waals surface area contributed by atoms with E-state index in [1.165, 1.54) is 85.5 Å². The summed E-state index contributed by atoms with van der Waals surface area (Å²) < 4.78 is 10.6. The Balaban J connectivity index is 1.44. The molecule has 4 rings (SSSR count). The van der Waals surface area contributed by atoms with E-state index in [0.29, 0.717) is 11.1 Å². The highest BCUT2D eigenvalue weighted by Crippen LogP contribution is 2.37. The second-order valence-electron chi connectivity index (χ2n) is 16.4. The molecule has 0 aliphatic rings. The highest BCUT2D eigenvalue weighted by Gasteiger charge is 2.28. The Morgan fingerprint density at radius 2 is 0.879 bits per heavy atom. The topological polar surface area (TPSA) is 317 Å². The lowest BCUT2D eigenvalue weighted by atomic mass is 9.96. The fraction of sp³-hybridized carbons (Fsp3) is 0.318. The van der Waals surface area contributed by atoms with E-state index >= 15 is 0 Å². The molecule has 350 valence electrons. The summed E-state index contributed by atoms with van der Waals surface area (Å²) in [4.78, 5) is 109. The van der Waals surface area contributed by atoms with Crippen LogP contribution in [0.1, 0.15) is 73.4 Å². The van der Waals surface area contributed by atoms with E-state index in [4.69, 9.17) is 9.47 Å². The predicted octanol–water partition coefficient (Wildman–Crippen LogP) is 1.58. The number of nitrogens with zero attached hydrogens (tertiary/aromatic N) is 2. The summed E-state index contributed by atoms with van der Waals surface area (Å²) in [6, 6.07) is 11.7. The highest BCUT2D eigenvalue weighted by atomic mass is 16.6. The Hall–Kier alpha value is -8.30. The number of hydrogen-bond acceptors (Lipinski definition) is 14. The van der Waals surface area contributed by atoms with Gasteiger partial charge in [-0.25, -0.2) is 9.59 Å². The van der Waals surface area contributed by atoms with Gasteiger partial charge in [-0.05, 0) is 89.1 Å².